The summed E-state index contributed by atoms with van der Waals surface area (Å²) in [6.45, 7) is 8.04. The van der Waals surface area contributed by atoms with Gasteiger partial charge in [-0.3, -0.25) is 4.79 Å². The monoisotopic (exact) mass is 283 g/mol. The molecule has 1 aromatic rings. The molecule has 108 valence electrons. The molecule has 0 saturated carbocycles. The van der Waals surface area contributed by atoms with Crippen LogP contribution in [0, 0.1) is 0 Å². The average Bonchev–Trinajstić information content (AvgIpc) is 2.69. The van der Waals surface area contributed by atoms with Crippen LogP contribution in [0.25, 0.3) is 0 Å². The Hall–Kier alpha value is -0.870. The fourth-order valence-electron chi connectivity index (χ4n) is 2.15. The van der Waals surface area contributed by atoms with Gasteiger partial charge in [-0.25, -0.2) is 0 Å². The summed E-state index contributed by atoms with van der Waals surface area (Å²) < 4.78 is 0. The highest BCUT2D eigenvalue weighted by molar-refractivity contribution is 7.14. The van der Waals surface area contributed by atoms with E-state index < -0.39 is 5.60 Å². The van der Waals surface area contributed by atoms with E-state index in [4.69, 9.17) is 0 Å². The highest BCUT2D eigenvalue weighted by atomic mass is 32.1. The fraction of sp³-hybridized carbons (Fsp3) is 0.667. The molecule has 0 bridgehead atoms. The summed E-state index contributed by atoms with van der Waals surface area (Å²) in [6, 6.07) is 2.01. The maximum Gasteiger partial charge on any atom is 0.263 e. The molecule has 1 heterocycles. The molecule has 1 rings (SSSR count). The largest absolute Gasteiger partial charge is 0.389 e. The first kappa shape index (κ1) is 16.2. The minimum atomic E-state index is -0.860. The molecule has 1 aromatic heterocycles. The van der Waals surface area contributed by atoms with Gasteiger partial charge in [0.25, 0.3) is 5.91 Å². The van der Waals surface area contributed by atoms with Crippen molar-refractivity contribution in [1.29, 1.82) is 0 Å². The van der Waals surface area contributed by atoms with Gasteiger partial charge in [-0.1, -0.05) is 20.3 Å². The third-order valence-electron chi connectivity index (χ3n) is 2.94. The first-order valence-corrected chi connectivity index (χ1v) is 7.69. The van der Waals surface area contributed by atoms with Crippen molar-refractivity contribution < 1.29 is 9.90 Å². The van der Waals surface area contributed by atoms with Crippen molar-refractivity contribution in [2.75, 3.05) is 13.6 Å². The Morgan fingerprint density at radius 2 is 2.05 bits per heavy atom. The van der Waals surface area contributed by atoms with E-state index in [2.05, 4.69) is 13.8 Å². The molecular weight excluding hydrogens is 258 g/mol. The van der Waals surface area contributed by atoms with Gasteiger partial charge in [0, 0.05) is 18.5 Å². The molecule has 0 aromatic carbocycles. The number of hydrogen-bond donors (Lipinski definition) is 1. The molecule has 3 nitrogen and oxygen atoms in total. The van der Waals surface area contributed by atoms with Gasteiger partial charge >= 0.3 is 0 Å². The van der Waals surface area contributed by atoms with Gasteiger partial charge in [-0.05, 0) is 38.3 Å². The molecule has 0 aliphatic heterocycles. The lowest BCUT2D eigenvalue weighted by Gasteiger charge is -2.25. The summed E-state index contributed by atoms with van der Waals surface area (Å²) >= 11 is 1.60. The maximum absolute atomic E-state index is 12.3. The van der Waals surface area contributed by atoms with Crippen molar-refractivity contribution in [3.63, 3.8) is 0 Å². The number of aliphatic hydroxyl groups is 1. The smallest absolute Gasteiger partial charge is 0.263 e. The molecule has 0 atom stereocenters. The van der Waals surface area contributed by atoms with E-state index >= 15 is 0 Å². The number of carbonyl (C=O) groups excluding carboxylic acids is 1. The van der Waals surface area contributed by atoms with Crippen molar-refractivity contribution >= 4 is 17.2 Å². The van der Waals surface area contributed by atoms with Crippen LogP contribution in [0.4, 0.5) is 0 Å². The van der Waals surface area contributed by atoms with E-state index in [0.717, 1.165) is 24.1 Å². The molecule has 1 amide bonds. The molecule has 0 spiro atoms. The summed E-state index contributed by atoms with van der Waals surface area (Å²) in [5.74, 6) is 0.00387. The van der Waals surface area contributed by atoms with E-state index in [-0.39, 0.29) is 5.91 Å². The second kappa shape index (κ2) is 6.53. The number of thiophene rings is 1. The van der Waals surface area contributed by atoms with Crippen molar-refractivity contribution in [2.45, 2.75) is 52.6 Å². The molecule has 1 N–H and O–H groups in total. The molecule has 0 aliphatic rings. The molecule has 0 unspecified atom stereocenters. The standard InChI is InChI=1S/C15H25NO2S/c1-6-8-12-11(7-2)9-13(19-12)14(17)16(5)10-15(3,4)18/h9,18H,6-8,10H2,1-5H3. The first-order chi connectivity index (χ1) is 8.78. The van der Waals surface area contributed by atoms with Crippen LogP contribution < -0.4 is 0 Å². The van der Waals surface area contributed by atoms with Crippen molar-refractivity contribution in [3.8, 4) is 0 Å². The Morgan fingerprint density at radius 3 is 2.53 bits per heavy atom. The highest BCUT2D eigenvalue weighted by Crippen LogP contribution is 2.25. The van der Waals surface area contributed by atoms with Gasteiger partial charge in [0.05, 0.1) is 10.5 Å². The SMILES string of the molecule is CCCc1sc(C(=O)N(C)CC(C)(C)O)cc1CC. The van der Waals surface area contributed by atoms with Crippen LogP contribution in [0.3, 0.4) is 0 Å². The predicted octanol–water partition coefficient (Wildman–Crippen LogP) is 3.11. The highest BCUT2D eigenvalue weighted by Gasteiger charge is 2.22. The molecule has 0 aliphatic carbocycles. The number of aryl methyl sites for hydroxylation is 2. The predicted molar refractivity (Wildman–Crippen MR) is 81.0 cm³/mol. The summed E-state index contributed by atoms with van der Waals surface area (Å²) in [7, 11) is 1.74. The minimum absolute atomic E-state index is 0.00387. The number of carbonyl (C=O) groups is 1. The van der Waals surface area contributed by atoms with Crippen LogP contribution in [0.1, 0.15) is 54.2 Å². The molecule has 0 saturated heterocycles. The van der Waals surface area contributed by atoms with Crippen LogP contribution in [-0.4, -0.2) is 35.1 Å². The van der Waals surface area contributed by atoms with Crippen molar-refractivity contribution in [1.82, 2.24) is 4.90 Å². The van der Waals surface area contributed by atoms with Crippen LogP contribution >= 0.6 is 11.3 Å². The van der Waals surface area contributed by atoms with Crippen LogP contribution in [0.15, 0.2) is 6.07 Å². The Morgan fingerprint density at radius 1 is 1.42 bits per heavy atom. The van der Waals surface area contributed by atoms with E-state index in [1.54, 1.807) is 37.1 Å². The van der Waals surface area contributed by atoms with Gasteiger partial charge in [-0.2, -0.15) is 0 Å². The normalized spacial score (nSPS) is 11.7. The van der Waals surface area contributed by atoms with E-state index in [0.29, 0.717) is 6.54 Å². The van der Waals surface area contributed by atoms with Crippen LogP contribution in [-0.2, 0) is 12.8 Å². The lowest BCUT2D eigenvalue weighted by atomic mass is 10.1. The fourth-order valence-corrected chi connectivity index (χ4v) is 3.50. The number of nitrogens with zero attached hydrogens (tertiary/aromatic N) is 1. The zero-order valence-corrected chi connectivity index (χ0v) is 13.4. The van der Waals surface area contributed by atoms with Gasteiger partial charge in [0.2, 0.25) is 0 Å². The average molecular weight is 283 g/mol. The number of likely N-dealkylation sites (N-methyl/N-ethyl adjacent to an activating group) is 1. The molecule has 0 radical (unpaired) electrons. The molecular formula is C15H25NO2S. The molecule has 0 fully saturated rings. The van der Waals surface area contributed by atoms with Gasteiger partial charge in [-0.15, -0.1) is 11.3 Å². The van der Waals surface area contributed by atoms with Gasteiger partial charge in [0.15, 0.2) is 0 Å². The van der Waals surface area contributed by atoms with Crippen molar-refractivity contribution in [3.05, 3.63) is 21.4 Å². The second-order valence-electron chi connectivity index (χ2n) is 5.64. The Labute approximate surface area is 120 Å². The number of rotatable bonds is 6. The zero-order valence-electron chi connectivity index (χ0n) is 12.6. The first-order valence-electron chi connectivity index (χ1n) is 6.88. The molecule has 4 heteroatoms. The zero-order chi connectivity index (χ0) is 14.6. The van der Waals surface area contributed by atoms with Gasteiger partial charge in [0.1, 0.15) is 0 Å². The second-order valence-corrected chi connectivity index (χ2v) is 6.77. The van der Waals surface area contributed by atoms with E-state index in [1.165, 1.54) is 10.4 Å². The Kier molecular flexibility index (Phi) is 5.56. The third kappa shape index (κ3) is 4.62. The van der Waals surface area contributed by atoms with E-state index in [1.807, 2.05) is 6.07 Å². The maximum atomic E-state index is 12.3. The van der Waals surface area contributed by atoms with E-state index in [9.17, 15) is 9.90 Å². The minimum Gasteiger partial charge on any atom is -0.389 e. The Bertz CT molecular complexity index is 432. The van der Waals surface area contributed by atoms with Crippen molar-refractivity contribution in [2.24, 2.45) is 0 Å². The summed E-state index contributed by atoms with van der Waals surface area (Å²) in [4.78, 5) is 16.0. The summed E-state index contributed by atoms with van der Waals surface area (Å²) in [6.07, 6.45) is 3.10. The quantitative estimate of drug-likeness (QED) is 0.871. The van der Waals surface area contributed by atoms with Crippen LogP contribution in [0.5, 0.6) is 0 Å². The third-order valence-corrected chi connectivity index (χ3v) is 4.16. The number of hydrogen-bond acceptors (Lipinski definition) is 3. The van der Waals surface area contributed by atoms with Crippen LogP contribution in [0.2, 0.25) is 0 Å². The Balaban J connectivity index is 2.87. The van der Waals surface area contributed by atoms with Gasteiger partial charge < -0.3 is 10.0 Å². The molecule has 19 heavy (non-hydrogen) atoms. The number of amides is 1. The summed E-state index contributed by atoms with van der Waals surface area (Å²) in [5, 5.41) is 9.78. The lowest BCUT2D eigenvalue weighted by Crippen LogP contribution is -2.39. The lowest BCUT2D eigenvalue weighted by molar-refractivity contribution is 0.0370. The topological polar surface area (TPSA) is 40.5 Å². The summed E-state index contributed by atoms with van der Waals surface area (Å²) in [5.41, 5.74) is 0.425.